The van der Waals surface area contributed by atoms with Gasteiger partial charge in [-0.2, -0.15) is 4.99 Å². The maximum absolute atomic E-state index is 12.5. The van der Waals surface area contributed by atoms with E-state index < -0.39 is 0 Å². The smallest absolute Gasteiger partial charge is 0.279 e. The zero-order chi connectivity index (χ0) is 17.6. The molecule has 2 aromatic carbocycles. The lowest BCUT2D eigenvalue weighted by atomic mass is 10.2. The molecule has 0 atom stereocenters. The summed E-state index contributed by atoms with van der Waals surface area (Å²) in [4.78, 5) is 17.6. The molecule has 3 aromatic rings. The van der Waals surface area contributed by atoms with Gasteiger partial charge in [0.05, 0.1) is 23.4 Å². The van der Waals surface area contributed by atoms with E-state index in [-0.39, 0.29) is 5.91 Å². The van der Waals surface area contributed by atoms with Crippen molar-refractivity contribution in [2.45, 2.75) is 13.5 Å². The number of carbonyl (C=O) groups is 1. The summed E-state index contributed by atoms with van der Waals surface area (Å²) < 4.78 is 13.7. The molecule has 0 bridgehead atoms. The van der Waals surface area contributed by atoms with E-state index >= 15 is 0 Å². The number of methoxy groups -OCH3 is 1. The highest BCUT2D eigenvalue weighted by Gasteiger charge is 2.09. The molecule has 5 nitrogen and oxygen atoms in total. The normalized spacial score (nSPS) is 11.8. The maximum Gasteiger partial charge on any atom is 0.279 e. The van der Waals surface area contributed by atoms with Gasteiger partial charge >= 0.3 is 0 Å². The average molecular weight is 356 g/mol. The third-order valence-corrected chi connectivity index (χ3v) is 4.78. The van der Waals surface area contributed by atoms with Crippen LogP contribution >= 0.6 is 11.3 Å². The highest BCUT2D eigenvalue weighted by atomic mass is 32.1. The summed E-state index contributed by atoms with van der Waals surface area (Å²) in [6.07, 6.45) is 0. The molecule has 0 spiro atoms. The van der Waals surface area contributed by atoms with Crippen molar-refractivity contribution in [3.8, 4) is 5.75 Å². The number of fused-ring (bicyclic) bond motifs is 1. The van der Waals surface area contributed by atoms with Crippen LogP contribution in [0.5, 0.6) is 5.75 Å². The molecule has 0 aliphatic rings. The highest BCUT2D eigenvalue weighted by molar-refractivity contribution is 7.16. The first-order chi connectivity index (χ1) is 12.2. The summed E-state index contributed by atoms with van der Waals surface area (Å²) in [7, 11) is 1.66. The first-order valence-corrected chi connectivity index (χ1v) is 8.94. The molecule has 0 saturated carbocycles. The number of aromatic nitrogens is 1. The summed E-state index contributed by atoms with van der Waals surface area (Å²) in [6.45, 7) is 3.73. The highest BCUT2D eigenvalue weighted by Crippen LogP contribution is 2.17. The second kappa shape index (κ2) is 8.09. The lowest BCUT2D eigenvalue weighted by Crippen LogP contribution is -2.19. The predicted molar refractivity (Wildman–Crippen MR) is 99.2 cm³/mol. The fourth-order valence-corrected chi connectivity index (χ4v) is 3.57. The molecular formula is C19H20N2O3S. The van der Waals surface area contributed by atoms with E-state index in [1.807, 2.05) is 35.8 Å². The Morgan fingerprint density at radius 2 is 1.92 bits per heavy atom. The SMILES string of the molecule is CCOc1ccc(C(=O)N=c2sc3ccccc3n2CCOC)cc1. The van der Waals surface area contributed by atoms with Gasteiger partial charge in [0.1, 0.15) is 5.75 Å². The Kier molecular flexibility index (Phi) is 5.63. The fraction of sp³-hybridized carbons (Fsp3) is 0.263. The first-order valence-electron chi connectivity index (χ1n) is 8.12. The van der Waals surface area contributed by atoms with Gasteiger partial charge in [-0.15, -0.1) is 0 Å². The van der Waals surface area contributed by atoms with Crippen molar-refractivity contribution in [3.05, 3.63) is 58.9 Å². The Morgan fingerprint density at radius 3 is 2.64 bits per heavy atom. The fourth-order valence-electron chi connectivity index (χ4n) is 2.52. The van der Waals surface area contributed by atoms with Crippen molar-refractivity contribution in [1.82, 2.24) is 4.57 Å². The van der Waals surface area contributed by atoms with Gasteiger partial charge in [-0.05, 0) is 43.3 Å². The van der Waals surface area contributed by atoms with Crippen molar-refractivity contribution in [1.29, 1.82) is 0 Å². The van der Waals surface area contributed by atoms with Crippen molar-refractivity contribution < 1.29 is 14.3 Å². The molecule has 1 aromatic heterocycles. The number of rotatable bonds is 6. The van der Waals surface area contributed by atoms with Crippen molar-refractivity contribution in [3.63, 3.8) is 0 Å². The van der Waals surface area contributed by atoms with Crippen LogP contribution in [0.15, 0.2) is 53.5 Å². The number of nitrogens with zero attached hydrogens (tertiary/aromatic N) is 2. The number of para-hydroxylation sites is 1. The summed E-state index contributed by atoms with van der Waals surface area (Å²) in [5, 5.41) is 0. The quantitative estimate of drug-likeness (QED) is 0.679. The van der Waals surface area contributed by atoms with Crippen LogP contribution in [-0.2, 0) is 11.3 Å². The zero-order valence-corrected chi connectivity index (χ0v) is 15.1. The first kappa shape index (κ1) is 17.4. The van der Waals surface area contributed by atoms with E-state index in [9.17, 15) is 4.79 Å². The van der Waals surface area contributed by atoms with E-state index in [1.165, 1.54) is 11.3 Å². The van der Waals surface area contributed by atoms with Crippen LogP contribution in [0.2, 0.25) is 0 Å². The number of carbonyl (C=O) groups excluding carboxylic acids is 1. The van der Waals surface area contributed by atoms with Crippen LogP contribution in [0.4, 0.5) is 0 Å². The second-order valence-electron chi connectivity index (χ2n) is 5.37. The number of ether oxygens (including phenoxy) is 2. The Bertz CT molecular complexity index is 926. The van der Waals surface area contributed by atoms with Crippen LogP contribution in [0, 0.1) is 0 Å². The molecule has 0 N–H and O–H groups in total. The van der Waals surface area contributed by atoms with Crippen molar-refractivity contribution in [2.75, 3.05) is 20.3 Å². The topological polar surface area (TPSA) is 52.8 Å². The van der Waals surface area contributed by atoms with Crippen molar-refractivity contribution >= 4 is 27.5 Å². The van der Waals surface area contributed by atoms with Crippen LogP contribution in [0.25, 0.3) is 10.2 Å². The van der Waals surface area contributed by atoms with E-state index in [1.54, 1.807) is 31.4 Å². The Morgan fingerprint density at radius 1 is 1.16 bits per heavy atom. The number of thiazole rings is 1. The monoisotopic (exact) mass is 356 g/mol. The molecule has 1 heterocycles. The zero-order valence-electron chi connectivity index (χ0n) is 14.3. The molecule has 0 saturated heterocycles. The predicted octanol–water partition coefficient (Wildman–Crippen LogP) is 3.49. The summed E-state index contributed by atoms with van der Waals surface area (Å²) >= 11 is 1.50. The molecule has 6 heteroatoms. The third-order valence-electron chi connectivity index (χ3n) is 3.72. The molecular weight excluding hydrogens is 336 g/mol. The van der Waals surface area contributed by atoms with Gasteiger partial charge in [-0.1, -0.05) is 23.5 Å². The largest absolute Gasteiger partial charge is 0.494 e. The van der Waals surface area contributed by atoms with Crippen LogP contribution in [-0.4, -0.2) is 30.8 Å². The number of hydrogen-bond acceptors (Lipinski definition) is 4. The van der Waals surface area contributed by atoms with Gasteiger partial charge in [-0.3, -0.25) is 4.79 Å². The number of benzene rings is 2. The minimum atomic E-state index is -0.263. The standard InChI is InChI=1S/C19H20N2O3S/c1-3-24-15-10-8-14(9-11-15)18(22)20-19-21(12-13-23-2)16-6-4-5-7-17(16)25-19/h4-11H,3,12-13H2,1-2H3. The van der Waals surface area contributed by atoms with Crippen LogP contribution < -0.4 is 9.54 Å². The van der Waals surface area contributed by atoms with E-state index in [0.717, 1.165) is 16.0 Å². The summed E-state index contributed by atoms with van der Waals surface area (Å²) in [6, 6.07) is 15.1. The molecule has 130 valence electrons. The molecule has 0 fully saturated rings. The van der Waals surface area contributed by atoms with Crippen LogP contribution in [0.3, 0.4) is 0 Å². The maximum atomic E-state index is 12.5. The van der Waals surface area contributed by atoms with Gasteiger partial charge in [-0.25, -0.2) is 0 Å². The van der Waals surface area contributed by atoms with Gasteiger partial charge in [0, 0.05) is 19.2 Å². The molecule has 0 unspecified atom stereocenters. The molecule has 0 aliphatic carbocycles. The van der Waals surface area contributed by atoms with Gasteiger partial charge in [0.2, 0.25) is 0 Å². The lowest BCUT2D eigenvalue weighted by Gasteiger charge is -2.04. The molecule has 0 aliphatic heterocycles. The number of hydrogen-bond donors (Lipinski definition) is 0. The van der Waals surface area contributed by atoms with E-state index in [2.05, 4.69) is 4.99 Å². The minimum absolute atomic E-state index is 0.263. The van der Waals surface area contributed by atoms with Crippen LogP contribution in [0.1, 0.15) is 17.3 Å². The second-order valence-corrected chi connectivity index (χ2v) is 6.38. The molecule has 1 amide bonds. The number of amides is 1. The minimum Gasteiger partial charge on any atom is -0.494 e. The Hall–Kier alpha value is -2.44. The summed E-state index contributed by atoms with van der Waals surface area (Å²) in [5.74, 6) is 0.483. The third kappa shape index (κ3) is 3.97. The molecule has 25 heavy (non-hydrogen) atoms. The van der Waals surface area contributed by atoms with Gasteiger partial charge < -0.3 is 14.0 Å². The molecule has 0 radical (unpaired) electrons. The Labute approximate surface area is 150 Å². The van der Waals surface area contributed by atoms with Crippen molar-refractivity contribution in [2.24, 2.45) is 4.99 Å². The molecule has 3 rings (SSSR count). The Balaban J connectivity index is 1.97. The van der Waals surface area contributed by atoms with Gasteiger partial charge in [0.15, 0.2) is 4.80 Å². The average Bonchev–Trinajstić information content (AvgIpc) is 2.98. The van der Waals surface area contributed by atoms with Gasteiger partial charge in [0.25, 0.3) is 5.91 Å². The van der Waals surface area contributed by atoms with E-state index in [0.29, 0.717) is 30.1 Å². The lowest BCUT2D eigenvalue weighted by molar-refractivity contribution is 0.0997. The summed E-state index contributed by atoms with van der Waals surface area (Å²) in [5.41, 5.74) is 1.60. The van der Waals surface area contributed by atoms with E-state index in [4.69, 9.17) is 9.47 Å².